The van der Waals surface area contributed by atoms with Gasteiger partial charge in [-0.1, -0.05) is 13.3 Å². The van der Waals surface area contributed by atoms with Crippen molar-refractivity contribution in [1.82, 2.24) is 15.1 Å². The minimum absolute atomic E-state index is 0.193. The van der Waals surface area contributed by atoms with Gasteiger partial charge >= 0.3 is 5.97 Å². The number of aryl methyl sites for hydroxylation is 1. The van der Waals surface area contributed by atoms with Gasteiger partial charge in [0.05, 0.1) is 11.9 Å². The maximum absolute atomic E-state index is 11.0. The van der Waals surface area contributed by atoms with Crippen molar-refractivity contribution in [3.05, 3.63) is 17.5 Å². The Hall–Kier alpha value is -1.40. The third kappa shape index (κ3) is 4.65. The molecule has 1 atom stereocenters. The van der Waals surface area contributed by atoms with E-state index in [-0.39, 0.29) is 12.2 Å². The summed E-state index contributed by atoms with van der Waals surface area (Å²) >= 11 is 0. The number of carboxylic acid groups (broad SMARTS) is 1. The molecule has 19 heavy (non-hydrogen) atoms. The van der Waals surface area contributed by atoms with Gasteiger partial charge in [0, 0.05) is 20.2 Å². The van der Waals surface area contributed by atoms with E-state index in [0.29, 0.717) is 18.2 Å². The highest BCUT2D eigenvalue weighted by atomic mass is 16.4. The van der Waals surface area contributed by atoms with E-state index in [4.69, 9.17) is 10.2 Å². The molecule has 6 heteroatoms. The maximum Gasteiger partial charge on any atom is 0.339 e. The lowest BCUT2D eigenvalue weighted by molar-refractivity contribution is 0.0695. The highest BCUT2D eigenvalue weighted by molar-refractivity contribution is 5.88. The second kappa shape index (κ2) is 7.91. The first kappa shape index (κ1) is 15.7. The molecule has 1 unspecified atom stereocenters. The van der Waals surface area contributed by atoms with Crippen molar-refractivity contribution in [3.8, 4) is 0 Å². The van der Waals surface area contributed by atoms with Crippen molar-refractivity contribution in [2.24, 2.45) is 13.0 Å². The van der Waals surface area contributed by atoms with Crippen LogP contribution in [-0.2, 0) is 13.6 Å². The molecule has 0 aliphatic rings. The van der Waals surface area contributed by atoms with Gasteiger partial charge < -0.3 is 15.5 Å². The largest absolute Gasteiger partial charge is 0.478 e. The number of hydrogen-bond acceptors (Lipinski definition) is 4. The van der Waals surface area contributed by atoms with Gasteiger partial charge in [0.2, 0.25) is 0 Å². The van der Waals surface area contributed by atoms with Crippen LogP contribution in [0.2, 0.25) is 0 Å². The summed E-state index contributed by atoms with van der Waals surface area (Å²) < 4.78 is 1.58. The average molecular weight is 269 g/mol. The first-order chi connectivity index (χ1) is 9.10. The van der Waals surface area contributed by atoms with Gasteiger partial charge in [0.25, 0.3) is 0 Å². The number of nitrogens with zero attached hydrogens (tertiary/aromatic N) is 2. The maximum atomic E-state index is 11.0. The minimum atomic E-state index is -0.953. The van der Waals surface area contributed by atoms with Crippen LogP contribution in [0.4, 0.5) is 0 Å². The van der Waals surface area contributed by atoms with E-state index in [0.717, 1.165) is 25.8 Å². The zero-order valence-corrected chi connectivity index (χ0v) is 11.6. The molecule has 0 bridgehead atoms. The molecule has 6 nitrogen and oxygen atoms in total. The number of carbonyl (C=O) groups is 1. The summed E-state index contributed by atoms with van der Waals surface area (Å²) in [6, 6.07) is 0. The summed E-state index contributed by atoms with van der Waals surface area (Å²) in [5, 5.41) is 25.3. The molecule has 0 saturated carbocycles. The lowest BCUT2D eigenvalue weighted by atomic mass is 10.0. The van der Waals surface area contributed by atoms with Gasteiger partial charge in [-0.25, -0.2) is 4.79 Å². The summed E-state index contributed by atoms with van der Waals surface area (Å²) in [5.41, 5.74) is 0.913. The molecule has 0 aromatic carbocycles. The number of rotatable bonds is 9. The molecule has 0 saturated heterocycles. The highest BCUT2D eigenvalue weighted by Crippen LogP contribution is 2.11. The van der Waals surface area contributed by atoms with Crippen molar-refractivity contribution >= 4 is 5.97 Å². The Bertz CT molecular complexity index is 398. The standard InChI is InChI=1S/C13H23N3O3/c1-3-4-10(5-6-17)7-14-9-12-11(13(18)19)8-15-16(12)2/h8,10,14,17H,3-7,9H2,1-2H3,(H,18,19). The number of carboxylic acids is 1. The number of hydrogen-bond donors (Lipinski definition) is 3. The van der Waals surface area contributed by atoms with Gasteiger partial charge in [-0.15, -0.1) is 0 Å². The molecule has 1 rings (SSSR count). The summed E-state index contributed by atoms with van der Waals surface area (Å²) in [4.78, 5) is 11.0. The summed E-state index contributed by atoms with van der Waals surface area (Å²) in [5.74, 6) is -0.526. The molecule has 0 fully saturated rings. The van der Waals surface area contributed by atoms with E-state index in [1.54, 1.807) is 11.7 Å². The van der Waals surface area contributed by atoms with Crippen LogP contribution < -0.4 is 5.32 Å². The molecular formula is C13H23N3O3. The second-order valence-corrected chi connectivity index (χ2v) is 4.73. The van der Waals surface area contributed by atoms with Crippen molar-refractivity contribution in [2.45, 2.75) is 32.7 Å². The Morgan fingerprint density at radius 1 is 1.53 bits per heavy atom. The van der Waals surface area contributed by atoms with Gasteiger partial charge in [-0.05, 0) is 25.3 Å². The smallest absolute Gasteiger partial charge is 0.339 e. The molecule has 3 N–H and O–H groups in total. The van der Waals surface area contributed by atoms with Crippen LogP contribution in [-0.4, -0.2) is 39.1 Å². The fraction of sp³-hybridized carbons (Fsp3) is 0.692. The van der Waals surface area contributed by atoms with Crippen LogP contribution in [0.15, 0.2) is 6.20 Å². The Morgan fingerprint density at radius 2 is 2.26 bits per heavy atom. The van der Waals surface area contributed by atoms with Crippen LogP contribution in [0.25, 0.3) is 0 Å². The van der Waals surface area contributed by atoms with Crippen LogP contribution in [0.5, 0.6) is 0 Å². The minimum Gasteiger partial charge on any atom is -0.478 e. The molecule has 0 radical (unpaired) electrons. The topological polar surface area (TPSA) is 87.4 Å². The van der Waals surface area contributed by atoms with E-state index in [1.165, 1.54) is 6.20 Å². The average Bonchev–Trinajstić information content (AvgIpc) is 2.72. The first-order valence-electron chi connectivity index (χ1n) is 6.65. The van der Waals surface area contributed by atoms with Crippen LogP contribution in [0.1, 0.15) is 42.2 Å². The summed E-state index contributed by atoms with van der Waals surface area (Å²) in [6.45, 7) is 3.56. The lowest BCUT2D eigenvalue weighted by Gasteiger charge is -2.15. The van der Waals surface area contributed by atoms with Gasteiger partial charge in [-0.2, -0.15) is 5.10 Å². The Labute approximate surface area is 113 Å². The first-order valence-corrected chi connectivity index (χ1v) is 6.65. The molecule has 0 spiro atoms. The van der Waals surface area contributed by atoms with E-state index < -0.39 is 5.97 Å². The van der Waals surface area contributed by atoms with E-state index in [9.17, 15) is 4.79 Å². The normalized spacial score (nSPS) is 12.6. The van der Waals surface area contributed by atoms with Gasteiger partial charge in [0.15, 0.2) is 0 Å². The Kier molecular flexibility index (Phi) is 6.52. The SMILES string of the molecule is CCCC(CCO)CNCc1c(C(=O)O)cnn1C. The summed E-state index contributed by atoms with van der Waals surface area (Å²) in [7, 11) is 1.74. The molecule has 1 aromatic rings. The second-order valence-electron chi connectivity index (χ2n) is 4.73. The molecule has 1 aromatic heterocycles. The van der Waals surface area contributed by atoms with Crippen molar-refractivity contribution < 1.29 is 15.0 Å². The quantitative estimate of drug-likeness (QED) is 0.622. The Balaban J connectivity index is 2.52. The number of aromatic carboxylic acids is 1. The zero-order chi connectivity index (χ0) is 14.3. The fourth-order valence-corrected chi connectivity index (χ4v) is 2.19. The summed E-state index contributed by atoms with van der Waals surface area (Å²) in [6.07, 6.45) is 4.29. The number of aliphatic hydroxyl groups is 1. The molecule has 0 aliphatic heterocycles. The third-order valence-electron chi connectivity index (χ3n) is 3.25. The monoisotopic (exact) mass is 269 g/mol. The fourth-order valence-electron chi connectivity index (χ4n) is 2.19. The van der Waals surface area contributed by atoms with Crippen molar-refractivity contribution in [1.29, 1.82) is 0 Å². The van der Waals surface area contributed by atoms with Crippen LogP contribution in [0, 0.1) is 5.92 Å². The van der Waals surface area contributed by atoms with Gasteiger partial charge in [-0.3, -0.25) is 4.68 Å². The number of aliphatic hydroxyl groups excluding tert-OH is 1. The molecular weight excluding hydrogens is 246 g/mol. The third-order valence-corrected chi connectivity index (χ3v) is 3.25. The number of nitrogens with one attached hydrogen (secondary N) is 1. The molecule has 108 valence electrons. The van der Waals surface area contributed by atoms with E-state index >= 15 is 0 Å². The Morgan fingerprint density at radius 3 is 2.84 bits per heavy atom. The number of aromatic nitrogens is 2. The van der Waals surface area contributed by atoms with Crippen LogP contribution >= 0.6 is 0 Å². The molecule has 1 heterocycles. The van der Waals surface area contributed by atoms with Crippen molar-refractivity contribution in [3.63, 3.8) is 0 Å². The van der Waals surface area contributed by atoms with E-state index in [2.05, 4.69) is 17.3 Å². The lowest BCUT2D eigenvalue weighted by Crippen LogP contribution is -2.25. The van der Waals surface area contributed by atoms with Gasteiger partial charge in [0.1, 0.15) is 5.56 Å². The predicted octanol–water partition coefficient (Wildman–Crippen LogP) is 1.01. The zero-order valence-electron chi connectivity index (χ0n) is 11.6. The van der Waals surface area contributed by atoms with E-state index in [1.807, 2.05) is 0 Å². The predicted molar refractivity (Wildman–Crippen MR) is 72.0 cm³/mol. The molecule has 0 aliphatic carbocycles. The molecule has 0 amide bonds. The highest BCUT2D eigenvalue weighted by Gasteiger charge is 2.15. The van der Waals surface area contributed by atoms with Crippen LogP contribution in [0.3, 0.4) is 0 Å². The van der Waals surface area contributed by atoms with Crippen molar-refractivity contribution in [2.75, 3.05) is 13.2 Å².